The Morgan fingerprint density at radius 3 is 1.88 bits per heavy atom. The third kappa shape index (κ3) is 0.621. The summed E-state index contributed by atoms with van der Waals surface area (Å²) in [5, 5.41) is 9.64. The lowest BCUT2D eigenvalue weighted by Gasteiger charge is -2.08. The summed E-state index contributed by atoms with van der Waals surface area (Å²) in [5.74, 6) is -0.819. The molecule has 0 aliphatic carbocycles. The first-order valence-electron chi connectivity index (χ1n) is 2.32. The van der Waals surface area contributed by atoms with E-state index < -0.39 is 5.91 Å². The van der Waals surface area contributed by atoms with Crippen LogP contribution in [0, 0.1) is 0 Å². The van der Waals surface area contributed by atoms with Crippen LogP contribution in [-0.2, 0) is 9.47 Å². The summed E-state index contributed by atoms with van der Waals surface area (Å²) in [6.45, 7) is 0.431. The predicted octanol–water partition coefficient (Wildman–Crippen LogP) is -0.362. The Bertz CT molecular complexity index is 85.8. The van der Waals surface area contributed by atoms with Gasteiger partial charge in [-0.1, -0.05) is 0 Å². The van der Waals surface area contributed by atoms with Crippen molar-refractivity contribution >= 4 is 0 Å². The fourth-order valence-electron chi connectivity index (χ4n) is 0.577. The van der Waals surface area contributed by atoms with Crippen molar-refractivity contribution in [3.63, 3.8) is 0 Å². The summed E-state index contributed by atoms with van der Waals surface area (Å²) < 4.78 is 9.53. The second-order valence-corrected chi connectivity index (χ2v) is 1.68. The van der Waals surface area contributed by atoms with Crippen molar-refractivity contribution in [1.29, 1.82) is 0 Å². The Kier molecular flexibility index (Phi) is 1.24. The van der Waals surface area contributed by atoms with E-state index in [1.165, 1.54) is 14.2 Å². The molecule has 8 heavy (non-hydrogen) atoms. The van der Waals surface area contributed by atoms with Gasteiger partial charge < -0.3 is 14.7 Å². The monoisotopic (exact) mass is 119 g/mol. The van der Waals surface area contributed by atoms with E-state index in [-0.39, 0.29) is 0 Å². The Morgan fingerprint density at radius 2 is 1.88 bits per heavy atom. The maximum Gasteiger partial charge on any atom is 0.267 e. The zero-order valence-corrected chi connectivity index (χ0v) is 4.92. The Balaban J connectivity index is 2.39. The molecule has 0 aromatic rings. The molecular weight excluding hydrogens is 110 g/mol. The van der Waals surface area contributed by atoms with E-state index in [2.05, 4.69) is 0 Å². The van der Waals surface area contributed by atoms with E-state index in [0.29, 0.717) is 6.54 Å². The van der Waals surface area contributed by atoms with Gasteiger partial charge in [-0.05, 0) is 0 Å². The van der Waals surface area contributed by atoms with Crippen LogP contribution in [0.15, 0.2) is 0 Å². The molecule has 0 spiro atoms. The third-order valence-corrected chi connectivity index (χ3v) is 1.28. The van der Waals surface area contributed by atoms with Gasteiger partial charge in [0.25, 0.3) is 5.91 Å². The lowest BCUT2D eigenvalue weighted by Crippen LogP contribution is -2.21. The van der Waals surface area contributed by atoms with Gasteiger partial charge in [-0.25, -0.2) is 0 Å². The minimum Gasteiger partial charge on any atom is -0.338 e. The van der Waals surface area contributed by atoms with E-state index in [4.69, 9.17) is 14.7 Å². The lowest BCUT2D eigenvalue weighted by molar-refractivity contribution is -0.225. The molecule has 1 atom stereocenters. The highest BCUT2D eigenvalue weighted by Crippen LogP contribution is 2.30. The van der Waals surface area contributed by atoms with Crippen LogP contribution < -0.4 is 0 Å². The highest BCUT2D eigenvalue weighted by molar-refractivity contribution is 4.82. The normalized spacial score (nSPS) is 32.6. The van der Waals surface area contributed by atoms with Gasteiger partial charge in [-0.15, -0.1) is 5.06 Å². The minimum atomic E-state index is -0.819. The number of hydrogen-bond donors (Lipinski definition) is 1. The van der Waals surface area contributed by atoms with Crippen molar-refractivity contribution < 1.29 is 14.7 Å². The summed E-state index contributed by atoms with van der Waals surface area (Å²) in [7, 11) is 2.97. The maximum absolute atomic E-state index is 8.66. The maximum atomic E-state index is 8.66. The van der Waals surface area contributed by atoms with E-state index in [1.807, 2.05) is 0 Å². The summed E-state index contributed by atoms with van der Waals surface area (Å²) in [4.78, 5) is 0. The standard InChI is InChI=1S/C4H9NO3/c1-7-4(8-2)3-5(4)6/h6H,3H2,1-2H3. The summed E-state index contributed by atoms with van der Waals surface area (Å²) >= 11 is 0. The van der Waals surface area contributed by atoms with Crippen molar-refractivity contribution in [2.75, 3.05) is 20.8 Å². The van der Waals surface area contributed by atoms with Gasteiger partial charge in [0.15, 0.2) is 0 Å². The number of hydrogen-bond acceptors (Lipinski definition) is 4. The third-order valence-electron chi connectivity index (χ3n) is 1.28. The highest BCUT2D eigenvalue weighted by atomic mass is 16.8. The van der Waals surface area contributed by atoms with Crippen molar-refractivity contribution in [3.05, 3.63) is 0 Å². The quantitative estimate of drug-likeness (QED) is 0.398. The van der Waals surface area contributed by atoms with Gasteiger partial charge in [-0.2, -0.15) is 0 Å². The molecule has 0 bridgehead atoms. The van der Waals surface area contributed by atoms with Crippen LogP contribution in [0.2, 0.25) is 0 Å². The van der Waals surface area contributed by atoms with Gasteiger partial charge >= 0.3 is 0 Å². The number of hydroxylamine groups is 2. The molecule has 0 aromatic heterocycles. The number of rotatable bonds is 2. The molecule has 4 heteroatoms. The Labute approximate surface area is 47.6 Å². The largest absolute Gasteiger partial charge is 0.338 e. The van der Waals surface area contributed by atoms with Crippen LogP contribution >= 0.6 is 0 Å². The van der Waals surface area contributed by atoms with Gasteiger partial charge in [0, 0.05) is 14.2 Å². The van der Waals surface area contributed by atoms with Gasteiger partial charge in [0.05, 0.1) is 0 Å². The first kappa shape index (κ1) is 5.97. The highest BCUT2D eigenvalue weighted by Gasteiger charge is 2.54. The van der Waals surface area contributed by atoms with Crippen LogP contribution in [0.4, 0.5) is 0 Å². The molecule has 1 N–H and O–H groups in total. The average Bonchev–Trinajstić information content (AvgIpc) is 2.43. The van der Waals surface area contributed by atoms with E-state index in [9.17, 15) is 0 Å². The van der Waals surface area contributed by atoms with Crippen LogP contribution in [0.25, 0.3) is 0 Å². The number of methoxy groups -OCH3 is 2. The van der Waals surface area contributed by atoms with Crippen molar-refractivity contribution in [2.45, 2.75) is 5.91 Å². The predicted molar refractivity (Wildman–Crippen MR) is 25.2 cm³/mol. The molecule has 0 saturated carbocycles. The van der Waals surface area contributed by atoms with Crippen LogP contribution in [0.1, 0.15) is 0 Å². The van der Waals surface area contributed by atoms with E-state index in [0.717, 1.165) is 5.06 Å². The average molecular weight is 119 g/mol. The van der Waals surface area contributed by atoms with Gasteiger partial charge in [-0.3, -0.25) is 0 Å². The fourth-order valence-corrected chi connectivity index (χ4v) is 0.577. The smallest absolute Gasteiger partial charge is 0.267 e. The van der Waals surface area contributed by atoms with Gasteiger partial charge in [0.1, 0.15) is 6.54 Å². The molecule has 48 valence electrons. The summed E-state index contributed by atoms with van der Waals surface area (Å²) in [6, 6.07) is 0. The van der Waals surface area contributed by atoms with Crippen LogP contribution in [0.5, 0.6) is 0 Å². The van der Waals surface area contributed by atoms with Crippen LogP contribution in [-0.4, -0.2) is 36.9 Å². The Morgan fingerprint density at radius 1 is 1.50 bits per heavy atom. The summed E-state index contributed by atoms with van der Waals surface area (Å²) in [5.41, 5.74) is 0. The zero-order valence-electron chi connectivity index (χ0n) is 4.92. The second kappa shape index (κ2) is 1.66. The molecule has 1 heterocycles. The van der Waals surface area contributed by atoms with Gasteiger partial charge in [0.2, 0.25) is 0 Å². The van der Waals surface area contributed by atoms with Crippen LogP contribution in [0.3, 0.4) is 0 Å². The first-order valence-corrected chi connectivity index (χ1v) is 2.32. The zero-order chi connectivity index (χ0) is 6.20. The minimum absolute atomic E-state index is 0.431. The fraction of sp³-hybridized carbons (Fsp3) is 1.00. The molecule has 1 fully saturated rings. The molecule has 1 rings (SSSR count). The second-order valence-electron chi connectivity index (χ2n) is 1.68. The molecule has 4 nitrogen and oxygen atoms in total. The lowest BCUT2D eigenvalue weighted by atomic mass is 10.8. The summed E-state index contributed by atoms with van der Waals surface area (Å²) in [6.07, 6.45) is 0. The molecule has 1 saturated heterocycles. The number of nitrogens with zero attached hydrogens (tertiary/aromatic N) is 1. The topological polar surface area (TPSA) is 41.7 Å². The molecule has 1 unspecified atom stereocenters. The number of ether oxygens (including phenoxy) is 2. The molecular formula is C4H9NO3. The van der Waals surface area contributed by atoms with Crippen molar-refractivity contribution in [1.82, 2.24) is 5.06 Å². The van der Waals surface area contributed by atoms with Crippen molar-refractivity contribution in [2.24, 2.45) is 0 Å². The Hall–Kier alpha value is -0.160. The van der Waals surface area contributed by atoms with E-state index in [1.54, 1.807) is 0 Å². The first-order chi connectivity index (χ1) is 3.75. The molecule has 1 aliphatic heterocycles. The molecule has 0 amide bonds. The molecule has 0 radical (unpaired) electrons. The molecule has 1 aliphatic rings. The SMILES string of the molecule is COC1(OC)CN1O. The van der Waals surface area contributed by atoms with Crippen molar-refractivity contribution in [3.8, 4) is 0 Å². The molecule has 0 aromatic carbocycles. The van der Waals surface area contributed by atoms with E-state index >= 15 is 0 Å².